The third kappa shape index (κ3) is 3.97. The lowest BCUT2D eigenvalue weighted by Crippen LogP contribution is -2.07. The molecule has 1 heterocycles. The molecule has 0 fully saturated rings. The lowest BCUT2D eigenvalue weighted by molar-refractivity contribution is -0.111. The predicted molar refractivity (Wildman–Crippen MR) is 95.5 cm³/mol. The lowest BCUT2D eigenvalue weighted by Gasteiger charge is -2.01. The van der Waals surface area contributed by atoms with E-state index in [9.17, 15) is 9.18 Å². The minimum atomic E-state index is -0.297. The molecule has 0 saturated carbocycles. The van der Waals surface area contributed by atoms with Crippen molar-refractivity contribution in [2.24, 2.45) is 0 Å². The summed E-state index contributed by atoms with van der Waals surface area (Å²) in [5, 5.41) is 2.82. The largest absolute Gasteiger partial charge is 0.322 e. The highest BCUT2D eigenvalue weighted by Gasteiger charge is 2.05. The Balaban J connectivity index is 1.70. The van der Waals surface area contributed by atoms with E-state index in [1.807, 2.05) is 24.5 Å². The molecule has 23 heavy (non-hydrogen) atoms. The molecular formula is C17H13FN2OS2. The van der Waals surface area contributed by atoms with Crippen molar-refractivity contribution in [2.45, 2.75) is 4.34 Å². The highest BCUT2D eigenvalue weighted by molar-refractivity contribution is 8.00. The van der Waals surface area contributed by atoms with E-state index in [1.54, 1.807) is 41.3 Å². The van der Waals surface area contributed by atoms with E-state index in [0.29, 0.717) is 0 Å². The van der Waals surface area contributed by atoms with Gasteiger partial charge >= 0.3 is 0 Å². The number of thioether (sulfide) groups is 1. The molecule has 0 aliphatic carbocycles. The van der Waals surface area contributed by atoms with E-state index in [1.165, 1.54) is 18.2 Å². The highest BCUT2D eigenvalue weighted by atomic mass is 32.2. The summed E-state index contributed by atoms with van der Waals surface area (Å²) in [6.07, 6.45) is 5.06. The van der Waals surface area contributed by atoms with Crippen LogP contribution in [0.2, 0.25) is 0 Å². The summed E-state index contributed by atoms with van der Waals surface area (Å²) in [5.74, 6) is -0.530. The number of aromatic nitrogens is 1. The van der Waals surface area contributed by atoms with Crippen LogP contribution in [0.15, 0.2) is 52.9 Å². The van der Waals surface area contributed by atoms with E-state index in [2.05, 4.69) is 10.3 Å². The predicted octanol–water partition coefficient (Wildman–Crippen LogP) is 4.81. The lowest BCUT2D eigenvalue weighted by atomic mass is 10.2. The molecule has 0 bridgehead atoms. The van der Waals surface area contributed by atoms with Gasteiger partial charge in [0.15, 0.2) is 4.34 Å². The number of halogens is 1. The zero-order chi connectivity index (χ0) is 16.2. The van der Waals surface area contributed by atoms with E-state index >= 15 is 0 Å². The van der Waals surface area contributed by atoms with Crippen molar-refractivity contribution in [2.75, 3.05) is 11.6 Å². The molecule has 1 amide bonds. The van der Waals surface area contributed by atoms with Crippen molar-refractivity contribution in [3.8, 4) is 0 Å². The van der Waals surface area contributed by atoms with Gasteiger partial charge in [-0.25, -0.2) is 9.37 Å². The number of benzene rings is 2. The van der Waals surface area contributed by atoms with Gasteiger partial charge in [-0.15, -0.1) is 11.3 Å². The molecular weight excluding hydrogens is 331 g/mol. The van der Waals surface area contributed by atoms with Crippen LogP contribution in [0.3, 0.4) is 0 Å². The SMILES string of the molecule is CSc1nc2ccc(NC(=O)C=Cc3ccc(F)cc3)cc2s1. The summed E-state index contributed by atoms with van der Waals surface area (Å²) in [6, 6.07) is 11.6. The Morgan fingerprint density at radius 2 is 2.04 bits per heavy atom. The number of hydrogen-bond donors (Lipinski definition) is 1. The number of fused-ring (bicyclic) bond motifs is 1. The molecule has 3 rings (SSSR count). The van der Waals surface area contributed by atoms with Crippen LogP contribution in [-0.4, -0.2) is 17.1 Å². The van der Waals surface area contributed by atoms with Crippen LogP contribution in [0.4, 0.5) is 10.1 Å². The van der Waals surface area contributed by atoms with Crippen LogP contribution in [0, 0.1) is 5.82 Å². The fourth-order valence-electron chi connectivity index (χ4n) is 2.00. The Morgan fingerprint density at radius 1 is 1.26 bits per heavy atom. The average molecular weight is 344 g/mol. The second kappa shape index (κ2) is 6.93. The molecule has 1 aromatic heterocycles. The van der Waals surface area contributed by atoms with E-state index in [0.717, 1.165) is 25.8 Å². The minimum absolute atomic E-state index is 0.233. The van der Waals surface area contributed by atoms with Crippen LogP contribution in [0.1, 0.15) is 5.56 Å². The Kier molecular flexibility index (Phi) is 4.73. The van der Waals surface area contributed by atoms with Gasteiger partial charge in [0.25, 0.3) is 0 Å². The minimum Gasteiger partial charge on any atom is -0.322 e. The number of carbonyl (C=O) groups excluding carboxylic acids is 1. The Labute approximate surface area is 141 Å². The van der Waals surface area contributed by atoms with Gasteiger partial charge < -0.3 is 5.32 Å². The molecule has 0 radical (unpaired) electrons. The molecule has 1 N–H and O–H groups in total. The number of nitrogens with one attached hydrogen (secondary N) is 1. The molecule has 2 aromatic carbocycles. The molecule has 0 atom stereocenters. The summed E-state index contributed by atoms with van der Waals surface area (Å²) >= 11 is 3.20. The van der Waals surface area contributed by atoms with Gasteiger partial charge in [0.2, 0.25) is 5.91 Å². The number of carbonyl (C=O) groups is 1. The number of thiazole rings is 1. The van der Waals surface area contributed by atoms with Crippen molar-refractivity contribution in [1.82, 2.24) is 4.98 Å². The second-order valence-corrected chi connectivity index (χ2v) is 6.82. The third-order valence-corrected chi connectivity index (χ3v) is 5.11. The Bertz CT molecular complexity index is 872. The smallest absolute Gasteiger partial charge is 0.248 e. The molecule has 0 aliphatic heterocycles. The van der Waals surface area contributed by atoms with Crippen LogP contribution in [0.5, 0.6) is 0 Å². The van der Waals surface area contributed by atoms with Crippen molar-refractivity contribution in [3.05, 3.63) is 59.9 Å². The third-order valence-electron chi connectivity index (χ3n) is 3.11. The molecule has 0 aliphatic rings. The quantitative estimate of drug-likeness (QED) is 0.545. The van der Waals surface area contributed by atoms with Gasteiger partial charge in [-0.1, -0.05) is 23.9 Å². The van der Waals surface area contributed by atoms with Crippen LogP contribution in [0.25, 0.3) is 16.3 Å². The van der Waals surface area contributed by atoms with Crippen LogP contribution >= 0.6 is 23.1 Å². The molecule has 3 aromatic rings. The standard InChI is InChI=1S/C17H13FN2OS2/c1-22-17-20-14-8-7-13(10-15(14)23-17)19-16(21)9-4-11-2-5-12(18)6-3-11/h2-10H,1H3,(H,19,21). The molecule has 0 saturated heterocycles. The second-order valence-electron chi connectivity index (χ2n) is 4.74. The summed E-state index contributed by atoms with van der Waals surface area (Å²) in [4.78, 5) is 16.4. The number of rotatable bonds is 4. The van der Waals surface area contributed by atoms with E-state index in [4.69, 9.17) is 0 Å². The summed E-state index contributed by atoms with van der Waals surface area (Å²) in [5.41, 5.74) is 2.42. The molecule has 3 nitrogen and oxygen atoms in total. The first-order valence-electron chi connectivity index (χ1n) is 6.83. The Morgan fingerprint density at radius 3 is 2.78 bits per heavy atom. The van der Waals surface area contributed by atoms with Gasteiger partial charge in [0, 0.05) is 11.8 Å². The van der Waals surface area contributed by atoms with Crippen molar-refractivity contribution < 1.29 is 9.18 Å². The summed E-state index contributed by atoms with van der Waals surface area (Å²) in [6.45, 7) is 0. The first-order valence-corrected chi connectivity index (χ1v) is 8.87. The van der Waals surface area contributed by atoms with Crippen molar-refractivity contribution in [1.29, 1.82) is 0 Å². The fourth-order valence-corrected chi connectivity index (χ4v) is 3.53. The first kappa shape index (κ1) is 15.7. The number of anilines is 1. The number of hydrogen-bond acceptors (Lipinski definition) is 4. The summed E-state index contributed by atoms with van der Waals surface area (Å²) < 4.78 is 14.9. The van der Waals surface area contributed by atoms with Gasteiger partial charge in [0.1, 0.15) is 5.82 Å². The molecule has 116 valence electrons. The van der Waals surface area contributed by atoms with Gasteiger partial charge in [-0.3, -0.25) is 4.79 Å². The number of nitrogens with zero attached hydrogens (tertiary/aromatic N) is 1. The normalized spacial score (nSPS) is 11.2. The Hall–Kier alpha value is -2.18. The zero-order valence-electron chi connectivity index (χ0n) is 12.2. The van der Waals surface area contributed by atoms with Gasteiger partial charge in [-0.2, -0.15) is 0 Å². The van der Waals surface area contributed by atoms with Crippen molar-refractivity contribution >= 4 is 51.0 Å². The summed E-state index contributed by atoms with van der Waals surface area (Å²) in [7, 11) is 0. The van der Waals surface area contributed by atoms with E-state index in [-0.39, 0.29) is 11.7 Å². The first-order chi connectivity index (χ1) is 11.1. The zero-order valence-corrected chi connectivity index (χ0v) is 13.9. The van der Waals surface area contributed by atoms with Gasteiger partial charge in [0.05, 0.1) is 10.2 Å². The molecule has 0 spiro atoms. The number of amides is 1. The van der Waals surface area contributed by atoms with E-state index < -0.39 is 0 Å². The van der Waals surface area contributed by atoms with Crippen molar-refractivity contribution in [3.63, 3.8) is 0 Å². The average Bonchev–Trinajstić information content (AvgIpc) is 2.97. The highest BCUT2D eigenvalue weighted by Crippen LogP contribution is 2.29. The van der Waals surface area contributed by atoms with Crippen LogP contribution < -0.4 is 5.32 Å². The fraction of sp³-hybridized carbons (Fsp3) is 0.0588. The topological polar surface area (TPSA) is 42.0 Å². The molecule has 6 heteroatoms. The molecule has 0 unspecified atom stereocenters. The monoisotopic (exact) mass is 344 g/mol. The van der Waals surface area contributed by atoms with Crippen LogP contribution in [-0.2, 0) is 4.79 Å². The maximum absolute atomic E-state index is 12.8. The van der Waals surface area contributed by atoms with Gasteiger partial charge in [-0.05, 0) is 48.2 Å². The maximum Gasteiger partial charge on any atom is 0.248 e. The maximum atomic E-state index is 12.8.